The van der Waals surface area contributed by atoms with Gasteiger partial charge in [0.25, 0.3) is 0 Å². The summed E-state index contributed by atoms with van der Waals surface area (Å²) in [5.74, 6) is -0.234. The minimum Gasteiger partial charge on any atom is -0.462 e. The molecule has 0 aliphatic heterocycles. The highest BCUT2D eigenvalue weighted by Gasteiger charge is 2.07. The van der Waals surface area contributed by atoms with Gasteiger partial charge in [0.2, 0.25) is 0 Å². The molecule has 0 heterocycles. The van der Waals surface area contributed by atoms with Crippen LogP contribution in [0.4, 0.5) is 0 Å². The molecule has 0 radical (unpaired) electrons. The lowest BCUT2D eigenvalue weighted by molar-refractivity contribution is 0.0497. The Kier molecular flexibility index (Phi) is 11.0. The molecule has 2 rings (SSSR count). The average Bonchev–Trinajstić information content (AvgIpc) is 2.75. The minimum atomic E-state index is -0.234. The summed E-state index contributed by atoms with van der Waals surface area (Å²) in [5, 5.41) is 8.73. The Morgan fingerprint density at radius 1 is 0.643 bits per heavy atom. The molecule has 0 bridgehead atoms. The quantitative estimate of drug-likeness (QED) is 0.303. The van der Waals surface area contributed by atoms with Crippen LogP contribution in [0, 0.1) is 0 Å². The number of ether oxygens (including phenoxy) is 1. The summed E-state index contributed by atoms with van der Waals surface area (Å²) in [6, 6.07) is 17.8. The van der Waals surface area contributed by atoms with Crippen LogP contribution in [0.15, 0.2) is 54.6 Å². The lowest BCUT2D eigenvalue weighted by atomic mass is 10.0. The molecule has 3 nitrogen and oxygen atoms in total. The Morgan fingerprint density at radius 3 is 1.71 bits per heavy atom. The number of aliphatic hydroxyl groups is 1. The first kappa shape index (κ1) is 22.2. The second kappa shape index (κ2) is 14.0. The molecule has 0 amide bonds. The van der Waals surface area contributed by atoms with Crippen molar-refractivity contribution in [3.8, 4) is 11.1 Å². The third-order valence-electron chi connectivity index (χ3n) is 5.01. The van der Waals surface area contributed by atoms with Crippen LogP contribution < -0.4 is 0 Å². The van der Waals surface area contributed by atoms with Gasteiger partial charge in [-0.05, 0) is 36.1 Å². The van der Waals surface area contributed by atoms with E-state index in [2.05, 4.69) is 12.1 Å². The van der Waals surface area contributed by atoms with Crippen LogP contribution in [0.3, 0.4) is 0 Å². The summed E-state index contributed by atoms with van der Waals surface area (Å²) in [4.78, 5) is 12.1. The van der Waals surface area contributed by atoms with E-state index in [4.69, 9.17) is 9.84 Å². The van der Waals surface area contributed by atoms with Crippen LogP contribution in [0.5, 0.6) is 0 Å². The molecule has 0 fully saturated rings. The van der Waals surface area contributed by atoms with Crippen LogP contribution in [0.1, 0.15) is 74.6 Å². The van der Waals surface area contributed by atoms with Gasteiger partial charge < -0.3 is 9.84 Å². The molecular formula is C25H34O3. The third kappa shape index (κ3) is 8.71. The van der Waals surface area contributed by atoms with E-state index in [9.17, 15) is 4.79 Å². The molecule has 152 valence electrons. The lowest BCUT2D eigenvalue weighted by Gasteiger charge is -2.06. The van der Waals surface area contributed by atoms with Crippen LogP contribution >= 0.6 is 0 Å². The van der Waals surface area contributed by atoms with Gasteiger partial charge in [-0.15, -0.1) is 0 Å². The summed E-state index contributed by atoms with van der Waals surface area (Å²) < 4.78 is 5.40. The maximum Gasteiger partial charge on any atom is 0.338 e. The fourth-order valence-corrected chi connectivity index (χ4v) is 3.31. The van der Waals surface area contributed by atoms with E-state index in [-0.39, 0.29) is 5.97 Å². The first-order valence-electron chi connectivity index (χ1n) is 10.7. The van der Waals surface area contributed by atoms with Crippen LogP contribution in [0.2, 0.25) is 0 Å². The van der Waals surface area contributed by atoms with Crippen molar-refractivity contribution in [2.24, 2.45) is 0 Å². The molecule has 0 aliphatic carbocycles. The van der Waals surface area contributed by atoms with Crippen LogP contribution in [-0.4, -0.2) is 24.3 Å². The lowest BCUT2D eigenvalue weighted by Crippen LogP contribution is -2.06. The first-order chi connectivity index (χ1) is 13.8. The van der Waals surface area contributed by atoms with E-state index in [1.807, 2.05) is 42.5 Å². The zero-order valence-corrected chi connectivity index (χ0v) is 16.9. The molecule has 28 heavy (non-hydrogen) atoms. The average molecular weight is 383 g/mol. The maximum absolute atomic E-state index is 12.1. The summed E-state index contributed by atoms with van der Waals surface area (Å²) >= 11 is 0. The standard InChI is InChI=1S/C25H34O3/c26-20-12-7-5-3-1-2-4-6-8-13-21-28-25(27)24-18-16-23(17-19-24)22-14-10-9-11-15-22/h9-11,14-19,26H,1-8,12-13,20-21H2. The zero-order valence-electron chi connectivity index (χ0n) is 16.9. The van der Waals surface area contributed by atoms with Gasteiger partial charge >= 0.3 is 5.97 Å². The highest BCUT2D eigenvalue weighted by Crippen LogP contribution is 2.19. The maximum atomic E-state index is 12.1. The van der Waals surface area contributed by atoms with Crippen molar-refractivity contribution < 1.29 is 14.6 Å². The molecule has 2 aromatic carbocycles. The van der Waals surface area contributed by atoms with Crippen LogP contribution in [0.25, 0.3) is 11.1 Å². The van der Waals surface area contributed by atoms with Gasteiger partial charge in [0.05, 0.1) is 12.2 Å². The van der Waals surface area contributed by atoms with Gasteiger partial charge in [0, 0.05) is 6.61 Å². The predicted molar refractivity (Wildman–Crippen MR) is 115 cm³/mol. The van der Waals surface area contributed by atoms with Gasteiger partial charge in [0.1, 0.15) is 0 Å². The van der Waals surface area contributed by atoms with Gasteiger partial charge in [-0.2, -0.15) is 0 Å². The summed E-state index contributed by atoms with van der Waals surface area (Å²) in [6.07, 6.45) is 11.7. The van der Waals surface area contributed by atoms with Crippen molar-refractivity contribution >= 4 is 5.97 Å². The van der Waals surface area contributed by atoms with Crippen molar-refractivity contribution in [2.45, 2.75) is 64.2 Å². The zero-order chi connectivity index (χ0) is 19.9. The van der Waals surface area contributed by atoms with Gasteiger partial charge in [-0.1, -0.05) is 93.8 Å². The number of benzene rings is 2. The fourth-order valence-electron chi connectivity index (χ4n) is 3.31. The topological polar surface area (TPSA) is 46.5 Å². The Balaban J connectivity index is 1.52. The second-order valence-electron chi connectivity index (χ2n) is 7.34. The second-order valence-corrected chi connectivity index (χ2v) is 7.34. The Bertz CT molecular complexity index is 649. The van der Waals surface area contributed by atoms with E-state index in [1.165, 1.54) is 38.5 Å². The van der Waals surface area contributed by atoms with Crippen molar-refractivity contribution in [1.82, 2.24) is 0 Å². The molecule has 0 spiro atoms. The number of carbonyl (C=O) groups excluding carboxylic acids is 1. The van der Waals surface area contributed by atoms with Gasteiger partial charge in [-0.25, -0.2) is 4.79 Å². The van der Waals surface area contributed by atoms with Crippen LogP contribution in [-0.2, 0) is 4.74 Å². The summed E-state index contributed by atoms with van der Waals surface area (Å²) in [6.45, 7) is 0.823. The van der Waals surface area contributed by atoms with E-state index in [0.29, 0.717) is 18.8 Å². The molecule has 0 aliphatic rings. The third-order valence-corrected chi connectivity index (χ3v) is 5.01. The number of rotatable bonds is 14. The number of esters is 1. The largest absolute Gasteiger partial charge is 0.462 e. The molecule has 0 aromatic heterocycles. The van der Waals surface area contributed by atoms with Crippen molar-refractivity contribution in [2.75, 3.05) is 13.2 Å². The predicted octanol–water partition coefficient (Wildman–Crippen LogP) is 6.40. The number of aliphatic hydroxyl groups excluding tert-OH is 1. The van der Waals surface area contributed by atoms with E-state index < -0.39 is 0 Å². The van der Waals surface area contributed by atoms with Crippen molar-refractivity contribution in [1.29, 1.82) is 0 Å². The highest BCUT2D eigenvalue weighted by atomic mass is 16.5. The number of carbonyl (C=O) groups is 1. The highest BCUT2D eigenvalue weighted by molar-refractivity contribution is 5.90. The summed E-state index contributed by atoms with van der Waals surface area (Å²) in [5.41, 5.74) is 2.86. The Hall–Kier alpha value is -2.13. The molecule has 0 unspecified atom stereocenters. The number of unbranched alkanes of at least 4 members (excludes halogenated alkanes) is 9. The van der Waals surface area contributed by atoms with Crippen molar-refractivity contribution in [3.05, 3.63) is 60.2 Å². The first-order valence-corrected chi connectivity index (χ1v) is 10.7. The van der Waals surface area contributed by atoms with E-state index >= 15 is 0 Å². The smallest absolute Gasteiger partial charge is 0.338 e. The summed E-state index contributed by atoms with van der Waals surface area (Å²) in [7, 11) is 0. The fraction of sp³-hybridized carbons (Fsp3) is 0.480. The van der Waals surface area contributed by atoms with Gasteiger partial charge in [-0.3, -0.25) is 0 Å². The molecule has 3 heteroatoms. The normalized spacial score (nSPS) is 10.8. The molecule has 0 atom stereocenters. The minimum absolute atomic E-state index is 0.234. The SMILES string of the molecule is O=C(OCCCCCCCCCCCCO)c1ccc(-c2ccccc2)cc1. The number of hydrogen-bond acceptors (Lipinski definition) is 3. The molecule has 0 saturated heterocycles. The Morgan fingerprint density at radius 2 is 1.14 bits per heavy atom. The molecule has 2 aromatic rings. The monoisotopic (exact) mass is 382 g/mol. The number of hydrogen-bond donors (Lipinski definition) is 1. The molecule has 0 saturated carbocycles. The van der Waals surface area contributed by atoms with Crippen molar-refractivity contribution in [3.63, 3.8) is 0 Å². The van der Waals surface area contributed by atoms with Gasteiger partial charge in [0.15, 0.2) is 0 Å². The van der Waals surface area contributed by atoms with E-state index in [1.54, 1.807) is 0 Å². The van der Waals surface area contributed by atoms with E-state index in [0.717, 1.165) is 36.8 Å². The molecular weight excluding hydrogens is 348 g/mol. The Labute approximate surface area is 169 Å². The molecule has 1 N–H and O–H groups in total.